The molecule has 2 atom stereocenters. The Hall–Kier alpha value is -0.250. The molecule has 0 aromatic rings. The molecule has 0 radical (unpaired) electrons. The number of hydrogen-bond acceptors (Lipinski definition) is 2. The summed E-state index contributed by atoms with van der Waals surface area (Å²) in [6.45, 7) is 7.91. The van der Waals surface area contributed by atoms with E-state index in [2.05, 4.69) is 29.5 Å². The number of unbranched alkanes of at least 4 members (excludes halogenated alkanes) is 3. The molecule has 2 N–H and O–H groups in total. The van der Waals surface area contributed by atoms with Crippen molar-refractivity contribution < 1.29 is 13.2 Å². The Bertz CT molecular complexity index is 391. The summed E-state index contributed by atoms with van der Waals surface area (Å²) in [5.74, 6) is 0.984. The average molecular weight is 492 g/mol. The summed E-state index contributed by atoms with van der Waals surface area (Å²) in [5, 5.41) is 6.65. The third-order valence-corrected chi connectivity index (χ3v) is 4.50. The minimum absolute atomic E-state index is 0. The first-order valence-corrected chi connectivity index (χ1v) is 9.68. The molecule has 0 aromatic heterocycles. The number of likely N-dealkylation sites (tertiary alicyclic amines) is 1. The number of guanidine groups is 1. The number of aliphatic imine (C=N–C) groups is 1. The Morgan fingerprint density at radius 3 is 2.58 bits per heavy atom. The highest BCUT2D eigenvalue weighted by molar-refractivity contribution is 14.0. The lowest BCUT2D eigenvalue weighted by Crippen LogP contribution is -2.42. The zero-order chi connectivity index (χ0) is 18.7. The lowest BCUT2D eigenvalue weighted by Gasteiger charge is -2.19. The van der Waals surface area contributed by atoms with Crippen molar-refractivity contribution >= 4 is 29.9 Å². The molecule has 1 heterocycles. The third-order valence-electron chi connectivity index (χ3n) is 4.50. The van der Waals surface area contributed by atoms with Crippen LogP contribution in [0.3, 0.4) is 0 Å². The molecule has 0 bridgehead atoms. The van der Waals surface area contributed by atoms with Crippen molar-refractivity contribution in [1.82, 2.24) is 15.5 Å². The first kappa shape index (κ1) is 25.8. The van der Waals surface area contributed by atoms with Crippen LogP contribution in [0.5, 0.6) is 0 Å². The minimum atomic E-state index is -4.11. The topological polar surface area (TPSA) is 39.7 Å². The summed E-state index contributed by atoms with van der Waals surface area (Å²) in [6, 6.07) is 0.347. The fourth-order valence-corrected chi connectivity index (χ4v) is 3.18. The molecule has 1 aliphatic heterocycles. The Balaban J connectivity index is 0.00000625. The van der Waals surface area contributed by atoms with Crippen molar-refractivity contribution in [2.45, 2.75) is 71.5 Å². The van der Waals surface area contributed by atoms with Crippen LogP contribution in [0.15, 0.2) is 4.99 Å². The summed E-state index contributed by atoms with van der Waals surface area (Å²) >= 11 is 0. The van der Waals surface area contributed by atoms with E-state index in [4.69, 9.17) is 0 Å². The van der Waals surface area contributed by atoms with Gasteiger partial charge in [-0.2, -0.15) is 13.2 Å². The molecule has 4 nitrogen and oxygen atoms in total. The monoisotopic (exact) mass is 492 g/mol. The number of alkyl halides is 3. The molecule has 0 aliphatic carbocycles. The number of hydrogen-bond donors (Lipinski definition) is 2. The van der Waals surface area contributed by atoms with Gasteiger partial charge in [-0.15, -0.1) is 24.0 Å². The zero-order valence-corrected chi connectivity index (χ0v) is 18.7. The predicted octanol–water partition coefficient (Wildman–Crippen LogP) is 4.40. The Morgan fingerprint density at radius 1 is 1.23 bits per heavy atom. The molecule has 1 rings (SSSR count). The second-order valence-corrected chi connectivity index (χ2v) is 7.12. The van der Waals surface area contributed by atoms with Gasteiger partial charge in [0.25, 0.3) is 0 Å². The molecule has 1 saturated heterocycles. The van der Waals surface area contributed by atoms with Crippen LogP contribution in [0, 0.1) is 5.92 Å². The first-order valence-electron chi connectivity index (χ1n) is 9.68. The number of halogens is 4. The van der Waals surface area contributed by atoms with Crippen LogP contribution < -0.4 is 10.6 Å². The SMILES string of the molecule is CCCCCCC(C)NC(=NCC1CCN(CC(F)(F)F)C1)NCC.I. The zero-order valence-electron chi connectivity index (χ0n) is 16.4. The van der Waals surface area contributed by atoms with Gasteiger partial charge in [0.2, 0.25) is 0 Å². The van der Waals surface area contributed by atoms with Crippen molar-refractivity contribution in [1.29, 1.82) is 0 Å². The molecule has 1 fully saturated rings. The molecule has 8 heteroatoms. The number of rotatable bonds is 10. The number of nitrogens with one attached hydrogen (secondary N) is 2. The van der Waals surface area contributed by atoms with Gasteiger partial charge in [0.1, 0.15) is 0 Å². The van der Waals surface area contributed by atoms with Crippen molar-refractivity contribution in [2.24, 2.45) is 10.9 Å². The molecular formula is C18H36F3IN4. The number of nitrogens with zero attached hydrogens (tertiary/aromatic N) is 2. The maximum absolute atomic E-state index is 12.5. The van der Waals surface area contributed by atoms with Crippen LogP contribution in [0.25, 0.3) is 0 Å². The molecule has 0 amide bonds. The Morgan fingerprint density at radius 2 is 1.96 bits per heavy atom. The van der Waals surface area contributed by atoms with Crippen LogP contribution in [0.4, 0.5) is 13.2 Å². The van der Waals surface area contributed by atoms with E-state index >= 15 is 0 Å². The highest BCUT2D eigenvalue weighted by Gasteiger charge is 2.34. The van der Waals surface area contributed by atoms with E-state index in [-0.39, 0.29) is 29.9 Å². The fourth-order valence-electron chi connectivity index (χ4n) is 3.18. The maximum atomic E-state index is 12.5. The van der Waals surface area contributed by atoms with E-state index in [1.54, 1.807) is 0 Å². The van der Waals surface area contributed by atoms with Crippen molar-refractivity contribution in [3.63, 3.8) is 0 Å². The molecule has 0 aromatic carbocycles. The normalized spacial score (nSPS) is 19.9. The lowest BCUT2D eigenvalue weighted by molar-refractivity contribution is -0.143. The Labute approximate surface area is 173 Å². The van der Waals surface area contributed by atoms with Gasteiger partial charge in [-0.3, -0.25) is 9.89 Å². The van der Waals surface area contributed by atoms with Crippen LogP contribution in [0.2, 0.25) is 0 Å². The van der Waals surface area contributed by atoms with Gasteiger partial charge in [0.15, 0.2) is 5.96 Å². The van der Waals surface area contributed by atoms with Crippen molar-refractivity contribution in [2.75, 3.05) is 32.7 Å². The molecule has 1 aliphatic rings. The molecule has 156 valence electrons. The fraction of sp³-hybridized carbons (Fsp3) is 0.944. The summed E-state index contributed by atoms with van der Waals surface area (Å²) < 4.78 is 37.4. The summed E-state index contributed by atoms with van der Waals surface area (Å²) in [6.07, 6.45) is 2.75. The van der Waals surface area contributed by atoms with Crippen LogP contribution >= 0.6 is 24.0 Å². The smallest absolute Gasteiger partial charge is 0.357 e. The summed E-state index contributed by atoms with van der Waals surface area (Å²) in [5.41, 5.74) is 0. The lowest BCUT2D eigenvalue weighted by atomic mass is 10.1. The van der Waals surface area contributed by atoms with Crippen LogP contribution in [-0.4, -0.2) is 55.8 Å². The highest BCUT2D eigenvalue weighted by atomic mass is 127. The van der Waals surface area contributed by atoms with Crippen molar-refractivity contribution in [3.05, 3.63) is 0 Å². The van der Waals surface area contributed by atoms with Gasteiger partial charge in [-0.25, -0.2) is 0 Å². The summed E-state index contributed by atoms with van der Waals surface area (Å²) in [4.78, 5) is 6.08. The molecule has 0 saturated carbocycles. The van der Waals surface area contributed by atoms with Crippen LogP contribution in [-0.2, 0) is 0 Å². The van der Waals surface area contributed by atoms with Gasteiger partial charge in [0.05, 0.1) is 6.54 Å². The van der Waals surface area contributed by atoms with Gasteiger partial charge in [0, 0.05) is 25.7 Å². The van der Waals surface area contributed by atoms with Gasteiger partial charge in [-0.1, -0.05) is 32.6 Å². The predicted molar refractivity (Wildman–Crippen MR) is 113 cm³/mol. The van der Waals surface area contributed by atoms with E-state index in [0.717, 1.165) is 25.3 Å². The second-order valence-electron chi connectivity index (χ2n) is 7.12. The van der Waals surface area contributed by atoms with E-state index in [0.29, 0.717) is 25.7 Å². The molecular weight excluding hydrogens is 456 g/mol. The van der Waals surface area contributed by atoms with Crippen LogP contribution in [0.1, 0.15) is 59.3 Å². The standard InChI is InChI=1S/C18H35F3N4.HI/c1-4-6-7-8-9-15(3)24-17(22-5-2)23-12-16-10-11-25(13-16)14-18(19,20)21;/h15-16H,4-14H2,1-3H3,(H2,22,23,24);1H. The van der Waals surface area contributed by atoms with E-state index in [1.165, 1.54) is 30.6 Å². The van der Waals surface area contributed by atoms with E-state index in [1.807, 2.05) is 6.92 Å². The van der Waals surface area contributed by atoms with E-state index in [9.17, 15) is 13.2 Å². The second kappa shape index (κ2) is 13.8. The highest BCUT2D eigenvalue weighted by Crippen LogP contribution is 2.22. The van der Waals surface area contributed by atoms with Crippen molar-refractivity contribution in [3.8, 4) is 0 Å². The first-order chi connectivity index (χ1) is 11.8. The molecule has 26 heavy (non-hydrogen) atoms. The maximum Gasteiger partial charge on any atom is 0.401 e. The molecule has 2 unspecified atom stereocenters. The van der Waals surface area contributed by atoms with Gasteiger partial charge >= 0.3 is 6.18 Å². The average Bonchev–Trinajstić information content (AvgIpc) is 2.95. The quantitative estimate of drug-likeness (QED) is 0.206. The largest absolute Gasteiger partial charge is 0.401 e. The minimum Gasteiger partial charge on any atom is -0.357 e. The van der Waals surface area contributed by atoms with Gasteiger partial charge < -0.3 is 10.6 Å². The summed E-state index contributed by atoms with van der Waals surface area (Å²) in [7, 11) is 0. The van der Waals surface area contributed by atoms with E-state index < -0.39 is 12.7 Å². The third kappa shape index (κ3) is 12.2. The Kier molecular flexibility index (Phi) is 13.7. The molecule has 0 spiro atoms. The van der Waals surface area contributed by atoms with Gasteiger partial charge in [-0.05, 0) is 39.2 Å².